The number of rotatable bonds is 13. The highest BCUT2D eigenvalue weighted by atomic mass is 16.5. The van der Waals surface area contributed by atoms with Crippen molar-refractivity contribution < 1.29 is 9.84 Å². The van der Waals surface area contributed by atoms with Crippen molar-refractivity contribution in [3.05, 3.63) is 0 Å². The van der Waals surface area contributed by atoms with Crippen LogP contribution in [0.2, 0.25) is 0 Å². The van der Waals surface area contributed by atoms with Crippen molar-refractivity contribution in [2.75, 3.05) is 26.3 Å². The van der Waals surface area contributed by atoms with E-state index < -0.39 is 0 Å². The van der Waals surface area contributed by atoms with Crippen molar-refractivity contribution in [1.29, 1.82) is 0 Å². The van der Waals surface area contributed by atoms with Crippen LogP contribution in [0.3, 0.4) is 0 Å². The van der Waals surface area contributed by atoms with E-state index in [1.165, 1.54) is 44.9 Å². The zero-order valence-electron chi connectivity index (χ0n) is 12.0. The number of unbranched alkanes of at least 4 members (excludes halogenated alkanes) is 5. The fraction of sp³-hybridized carbons (Fsp3) is 1.00. The van der Waals surface area contributed by atoms with E-state index in [0.29, 0.717) is 13.2 Å². The third kappa shape index (κ3) is 9.86. The van der Waals surface area contributed by atoms with Crippen molar-refractivity contribution in [2.24, 2.45) is 5.92 Å². The van der Waals surface area contributed by atoms with Gasteiger partial charge in [0.1, 0.15) is 0 Å². The fourth-order valence-electron chi connectivity index (χ4n) is 2.04. The molecule has 2 N–H and O–H groups in total. The molecule has 0 spiro atoms. The van der Waals surface area contributed by atoms with E-state index in [9.17, 15) is 5.11 Å². The maximum atomic E-state index is 9.67. The van der Waals surface area contributed by atoms with Gasteiger partial charge in [-0.25, -0.2) is 0 Å². The number of hydrogen-bond donors (Lipinski definition) is 2. The van der Waals surface area contributed by atoms with Crippen LogP contribution in [0.15, 0.2) is 0 Å². The summed E-state index contributed by atoms with van der Waals surface area (Å²) >= 11 is 0. The van der Waals surface area contributed by atoms with Crippen LogP contribution in [0.4, 0.5) is 0 Å². The third-order valence-electron chi connectivity index (χ3n) is 3.46. The average Bonchev–Trinajstić information content (AvgIpc) is 3.17. The SMILES string of the molecule is CCCCCCCCOCC(O)CNCC1CC1. The Morgan fingerprint density at radius 3 is 2.61 bits per heavy atom. The first-order chi connectivity index (χ1) is 8.83. The Balaban J connectivity index is 1.73. The molecule has 1 aliphatic carbocycles. The molecule has 0 aliphatic heterocycles. The Kier molecular flexibility index (Phi) is 9.54. The summed E-state index contributed by atoms with van der Waals surface area (Å²) in [5.41, 5.74) is 0. The van der Waals surface area contributed by atoms with Gasteiger partial charge in [-0.1, -0.05) is 39.0 Å². The summed E-state index contributed by atoms with van der Waals surface area (Å²) < 4.78 is 5.49. The molecule has 0 heterocycles. The van der Waals surface area contributed by atoms with Crippen LogP contribution < -0.4 is 5.32 Å². The number of nitrogens with one attached hydrogen (secondary N) is 1. The summed E-state index contributed by atoms with van der Waals surface area (Å²) in [5, 5.41) is 13.0. The molecular formula is C15H31NO2. The monoisotopic (exact) mass is 257 g/mol. The van der Waals surface area contributed by atoms with Crippen molar-refractivity contribution in [2.45, 2.75) is 64.4 Å². The lowest BCUT2D eigenvalue weighted by molar-refractivity contribution is 0.0354. The molecule has 3 nitrogen and oxygen atoms in total. The van der Waals surface area contributed by atoms with E-state index in [4.69, 9.17) is 4.74 Å². The van der Waals surface area contributed by atoms with Gasteiger partial charge in [-0.05, 0) is 31.7 Å². The molecule has 108 valence electrons. The van der Waals surface area contributed by atoms with Gasteiger partial charge in [-0.15, -0.1) is 0 Å². The lowest BCUT2D eigenvalue weighted by Gasteiger charge is -2.12. The number of aliphatic hydroxyl groups excluding tert-OH is 1. The first kappa shape index (κ1) is 15.9. The molecule has 0 bridgehead atoms. The predicted molar refractivity (Wildman–Crippen MR) is 75.8 cm³/mol. The molecule has 1 rings (SSSR count). The van der Waals surface area contributed by atoms with Crippen LogP contribution in [-0.4, -0.2) is 37.5 Å². The van der Waals surface area contributed by atoms with E-state index >= 15 is 0 Å². The van der Waals surface area contributed by atoms with E-state index in [2.05, 4.69) is 12.2 Å². The molecule has 0 aromatic carbocycles. The second-order valence-electron chi connectivity index (χ2n) is 5.60. The van der Waals surface area contributed by atoms with Gasteiger partial charge in [0.05, 0.1) is 12.7 Å². The van der Waals surface area contributed by atoms with Crippen LogP contribution in [0.25, 0.3) is 0 Å². The van der Waals surface area contributed by atoms with E-state index in [1.54, 1.807) is 0 Å². The summed E-state index contributed by atoms with van der Waals surface area (Å²) in [5.74, 6) is 0.876. The predicted octanol–water partition coefficient (Wildman–Crippen LogP) is 2.72. The van der Waals surface area contributed by atoms with Crippen LogP contribution in [0.5, 0.6) is 0 Å². The number of ether oxygens (including phenoxy) is 1. The molecule has 0 aromatic heterocycles. The van der Waals surface area contributed by atoms with Gasteiger partial charge >= 0.3 is 0 Å². The zero-order chi connectivity index (χ0) is 13.1. The minimum absolute atomic E-state index is 0.344. The van der Waals surface area contributed by atoms with Gasteiger partial charge in [0.2, 0.25) is 0 Å². The normalized spacial score (nSPS) is 17.0. The smallest absolute Gasteiger partial charge is 0.0897 e. The van der Waals surface area contributed by atoms with Gasteiger partial charge in [0, 0.05) is 13.2 Å². The highest BCUT2D eigenvalue weighted by Gasteiger charge is 2.20. The summed E-state index contributed by atoms with van der Waals surface area (Å²) in [6.07, 6.45) is 10.1. The fourth-order valence-corrected chi connectivity index (χ4v) is 2.04. The highest BCUT2D eigenvalue weighted by Crippen LogP contribution is 2.27. The topological polar surface area (TPSA) is 41.5 Å². The van der Waals surface area contributed by atoms with Crippen molar-refractivity contribution in [3.63, 3.8) is 0 Å². The number of aliphatic hydroxyl groups is 1. The van der Waals surface area contributed by atoms with Gasteiger partial charge in [0.25, 0.3) is 0 Å². The standard InChI is InChI=1S/C15H31NO2/c1-2-3-4-5-6-7-10-18-13-15(17)12-16-11-14-8-9-14/h14-17H,2-13H2,1H3. The van der Waals surface area contributed by atoms with Crippen LogP contribution in [-0.2, 0) is 4.74 Å². The summed E-state index contributed by atoms with van der Waals surface area (Å²) in [6.45, 7) is 5.25. The molecule has 0 saturated heterocycles. The summed E-state index contributed by atoms with van der Waals surface area (Å²) in [4.78, 5) is 0. The van der Waals surface area contributed by atoms with Crippen molar-refractivity contribution in [3.8, 4) is 0 Å². The van der Waals surface area contributed by atoms with Crippen LogP contribution in [0, 0.1) is 5.92 Å². The van der Waals surface area contributed by atoms with E-state index in [1.807, 2.05) is 0 Å². The van der Waals surface area contributed by atoms with Gasteiger partial charge < -0.3 is 15.2 Å². The van der Waals surface area contributed by atoms with Crippen LogP contribution in [0.1, 0.15) is 58.3 Å². The molecule has 1 atom stereocenters. The summed E-state index contributed by atoms with van der Waals surface area (Å²) in [6, 6.07) is 0. The molecule has 1 fully saturated rings. The molecule has 1 aliphatic rings. The molecule has 0 amide bonds. The average molecular weight is 257 g/mol. The molecule has 3 heteroatoms. The van der Waals surface area contributed by atoms with E-state index in [-0.39, 0.29) is 6.10 Å². The van der Waals surface area contributed by atoms with Crippen molar-refractivity contribution in [1.82, 2.24) is 5.32 Å². The Morgan fingerprint density at radius 2 is 1.89 bits per heavy atom. The minimum atomic E-state index is -0.344. The maximum absolute atomic E-state index is 9.67. The first-order valence-electron chi connectivity index (χ1n) is 7.79. The van der Waals surface area contributed by atoms with Crippen molar-refractivity contribution >= 4 is 0 Å². The Bertz CT molecular complexity index is 183. The summed E-state index contributed by atoms with van der Waals surface area (Å²) in [7, 11) is 0. The Labute approximate surface area is 112 Å². The largest absolute Gasteiger partial charge is 0.389 e. The Morgan fingerprint density at radius 1 is 1.17 bits per heavy atom. The number of hydrogen-bond acceptors (Lipinski definition) is 3. The quantitative estimate of drug-likeness (QED) is 0.499. The molecule has 0 aromatic rings. The molecule has 1 saturated carbocycles. The minimum Gasteiger partial charge on any atom is -0.389 e. The molecule has 1 unspecified atom stereocenters. The zero-order valence-corrected chi connectivity index (χ0v) is 12.0. The maximum Gasteiger partial charge on any atom is 0.0897 e. The van der Waals surface area contributed by atoms with Gasteiger partial charge in [-0.3, -0.25) is 0 Å². The highest BCUT2D eigenvalue weighted by molar-refractivity contribution is 4.75. The second kappa shape index (κ2) is 10.8. The third-order valence-corrected chi connectivity index (χ3v) is 3.46. The molecule has 0 radical (unpaired) electrons. The first-order valence-corrected chi connectivity index (χ1v) is 7.79. The van der Waals surface area contributed by atoms with Gasteiger partial charge in [0.15, 0.2) is 0 Å². The molecule has 18 heavy (non-hydrogen) atoms. The Hall–Kier alpha value is -0.120. The van der Waals surface area contributed by atoms with E-state index in [0.717, 1.165) is 25.5 Å². The van der Waals surface area contributed by atoms with Crippen LogP contribution >= 0.6 is 0 Å². The lowest BCUT2D eigenvalue weighted by atomic mass is 10.1. The van der Waals surface area contributed by atoms with Gasteiger partial charge in [-0.2, -0.15) is 0 Å². The molecular weight excluding hydrogens is 226 g/mol. The second-order valence-corrected chi connectivity index (χ2v) is 5.60. The lowest BCUT2D eigenvalue weighted by Crippen LogP contribution is -2.31.